The summed E-state index contributed by atoms with van der Waals surface area (Å²) in [7, 11) is 0. The van der Waals surface area contributed by atoms with E-state index in [0.29, 0.717) is 42.5 Å². The van der Waals surface area contributed by atoms with Gasteiger partial charge in [0.25, 0.3) is 5.91 Å². The Balaban J connectivity index is 1.60. The van der Waals surface area contributed by atoms with E-state index in [0.717, 1.165) is 16.7 Å². The number of amides is 2. The van der Waals surface area contributed by atoms with Crippen molar-refractivity contribution < 1.29 is 18.7 Å². The molecule has 2 aromatic carbocycles. The molecule has 0 N–H and O–H groups in total. The molecule has 0 saturated carbocycles. The first-order valence-corrected chi connectivity index (χ1v) is 13.6. The van der Waals surface area contributed by atoms with Crippen LogP contribution < -0.4 is 4.74 Å². The molecule has 1 aliphatic rings. The van der Waals surface area contributed by atoms with E-state index in [1.807, 2.05) is 63.8 Å². The van der Waals surface area contributed by atoms with Crippen LogP contribution in [0, 0.1) is 11.2 Å². The van der Waals surface area contributed by atoms with Gasteiger partial charge in [-0.25, -0.2) is 9.37 Å². The van der Waals surface area contributed by atoms with Crippen molar-refractivity contribution >= 4 is 23.2 Å². The van der Waals surface area contributed by atoms with Gasteiger partial charge in [-0.2, -0.15) is 0 Å². The number of carbonyl (C=O) groups is 2. The van der Waals surface area contributed by atoms with E-state index in [9.17, 15) is 14.0 Å². The van der Waals surface area contributed by atoms with Crippen LogP contribution >= 0.6 is 11.3 Å². The molecule has 0 aliphatic carbocycles. The summed E-state index contributed by atoms with van der Waals surface area (Å²) in [6.45, 7) is 11.7. The van der Waals surface area contributed by atoms with E-state index in [2.05, 4.69) is 4.98 Å². The predicted molar refractivity (Wildman–Crippen MR) is 143 cm³/mol. The molecule has 0 saturated heterocycles. The molecule has 0 radical (unpaired) electrons. The maximum atomic E-state index is 14.2. The summed E-state index contributed by atoms with van der Waals surface area (Å²) in [6.07, 6.45) is 0.715. The van der Waals surface area contributed by atoms with Crippen molar-refractivity contribution in [1.82, 2.24) is 14.8 Å². The highest BCUT2D eigenvalue weighted by atomic mass is 32.1. The van der Waals surface area contributed by atoms with Gasteiger partial charge < -0.3 is 14.5 Å². The Kier molecular flexibility index (Phi) is 7.97. The van der Waals surface area contributed by atoms with Gasteiger partial charge in [-0.3, -0.25) is 9.59 Å². The lowest BCUT2D eigenvalue weighted by Crippen LogP contribution is -2.45. The van der Waals surface area contributed by atoms with Gasteiger partial charge in [0.15, 0.2) is 0 Å². The van der Waals surface area contributed by atoms with E-state index < -0.39 is 11.5 Å². The zero-order valence-corrected chi connectivity index (χ0v) is 22.9. The van der Waals surface area contributed by atoms with Crippen molar-refractivity contribution in [1.29, 1.82) is 0 Å². The number of fused-ring (bicyclic) bond motifs is 1. The quantitative estimate of drug-likeness (QED) is 0.389. The monoisotopic (exact) mass is 523 g/mol. The molecule has 196 valence electrons. The third-order valence-electron chi connectivity index (χ3n) is 6.60. The van der Waals surface area contributed by atoms with Crippen molar-refractivity contribution in [2.75, 3.05) is 19.6 Å². The van der Waals surface area contributed by atoms with Crippen LogP contribution in [-0.2, 0) is 17.8 Å². The van der Waals surface area contributed by atoms with Crippen molar-refractivity contribution in [3.8, 4) is 5.75 Å². The highest BCUT2D eigenvalue weighted by molar-refractivity contribution is 7.09. The highest BCUT2D eigenvalue weighted by Gasteiger charge is 2.37. The van der Waals surface area contributed by atoms with Gasteiger partial charge in [-0.1, -0.05) is 39.0 Å². The van der Waals surface area contributed by atoms with Gasteiger partial charge in [-0.05, 0) is 61.2 Å². The Morgan fingerprint density at radius 3 is 2.59 bits per heavy atom. The topological polar surface area (TPSA) is 62.7 Å². The summed E-state index contributed by atoms with van der Waals surface area (Å²) in [4.78, 5) is 34.0. The second-order valence-electron chi connectivity index (χ2n) is 10.2. The predicted octanol–water partition coefficient (Wildman–Crippen LogP) is 5.86. The molecule has 0 bridgehead atoms. The van der Waals surface area contributed by atoms with Crippen LogP contribution in [0.5, 0.6) is 5.75 Å². The van der Waals surface area contributed by atoms with Gasteiger partial charge >= 0.3 is 0 Å². The number of nitrogens with zero attached hydrogens (tertiary/aromatic N) is 3. The van der Waals surface area contributed by atoms with Crippen LogP contribution in [-0.4, -0.2) is 46.2 Å². The smallest absolute Gasteiger partial charge is 0.273 e. The minimum absolute atomic E-state index is 0.0203. The lowest BCUT2D eigenvalue weighted by Gasteiger charge is -2.41. The van der Waals surface area contributed by atoms with Gasteiger partial charge in [0.2, 0.25) is 5.91 Å². The number of hydrogen-bond donors (Lipinski definition) is 0. The molecular weight excluding hydrogens is 489 g/mol. The third kappa shape index (κ3) is 5.85. The van der Waals surface area contributed by atoms with Gasteiger partial charge in [0.05, 0.1) is 6.04 Å². The second kappa shape index (κ2) is 11.0. The number of carbonyl (C=O) groups excluding carboxylic acids is 2. The Hall–Kier alpha value is -3.26. The van der Waals surface area contributed by atoms with Crippen molar-refractivity contribution in [3.63, 3.8) is 0 Å². The minimum Gasteiger partial charge on any atom is -0.486 e. The Bertz CT molecular complexity index is 1280. The number of rotatable bonds is 7. The standard InChI is InChI=1S/C29H34FN3O3S/c1-6-32(7-2)27(34)24-18-37-25(31-24)17-36-22-12-11-19-13-14-33(28(35)29(3,4)5)26(23(19)16-22)20-9-8-10-21(30)15-20/h8-12,15-16,18,26H,6-7,13-14,17H2,1-5H3/t26-/m0/s1. The summed E-state index contributed by atoms with van der Waals surface area (Å²) in [5.41, 5.74) is 2.64. The van der Waals surface area contributed by atoms with E-state index in [1.54, 1.807) is 16.3 Å². The average molecular weight is 524 g/mol. The lowest BCUT2D eigenvalue weighted by molar-refractivity contribution is -0.141. The first kappa shape index (κ1) is 26.8. The molecule has 37 heavy (non-hydrogen) atoms. The molecule has 0 fully saturated rings. The number of ether oxygens (including phenoxy) is 1. The molecule has 1 aliphatic heterocycles. The molecule has 1 atom stereocenters. The zero-order chi connectivity index (χ0) is 26.7. The molecule has 4 rings (SSSR count). The molecule has 3 aromatic rings. The maximum Gasteiger partial charge on any atom is 0.273 e. The molecule has 6 nitrogen and oxygen atoms in total. The van der Waals surface area contributed by atoms with Gasteiger partial charge in [0.1, 0.15) is 28.9 Å². The largest absolute Gasteiger partial charge is 0.486 e. The van der Waals surface area contributed by atoms with Crippen molar-refractivity contribution in [3.05, 3.63) is 81.1 Å². The number of aromatic nitrogens is 1. The fourth-order valence-corrected chi connectivity index (χ4v) is 5.34. The first-order chi connectivity index (χ1) is 17.6. The summed E-state index contributed by atoms with van der Waals surface area (Å²) >= 11 is 1.39. The Morgan fingerprint density at radius 2 is 1.92 bits per heavy atom. The fraction of sp³-hybridized carbons (Fsp3) is 0.414. The van der Waals surface area contributed by atoms with E-state index in [1.165, 1.54) is 23.5 Å². The van der Waals surface area contributed by atoms with E-state index in [4.69, 9.17) is 4.74 Å². The molecule has 2 amide bonds. The number of hydrogen-bond acceptors (Lipinski definition) is 5. The summed E-state index contributed by atoms with van der Waals surface area (Å²) in [6, 6.07) is 11.9. The highest BCUT2D eigenvalue weighted by Crippen LogP contribution is 2.39. The lowest BCUT2D eigenvalue weighted by atomic mass is 9.85. The van der Waals surface area contributed by atoms with Crippen LogP contribution in [0.15, 0.2) is 47.8 Å². The molecule has 0 unspecified atom stereocenters. The van der Waals surface area contributed by atoms with Crippen LogP contribution in [0.4, 0.5) is 4.39 Å². The fourth-order valence-electron chi connectivity index (χ4n) is 4.66. The van der Waals surface area contributed by atoms with Gasteiger partial charge in [0, 0.05) is 30.4 Å². The van der Waals surface area contributed by atoms with Crippen LogP contribution in [0.2, 0.25) is 0 Å². The molecule has 0 spiro atoms. The normalized spacial score (nSPS) is 15.3. The van der Waals surface area contributed by atoms with Crippen LogP contribution in [0.3, 0.4) is 0 Å². The molecule has 8 heteroatoms. The van der Waals surface area contributed by atoms with Crippen LogP contribution in [0.25, 0.3) is 0 Å². The molecular formula is C29H34FN3O3S. The first-order valence-electron chi connectivity index (χ1n) is 12.7. The van der Waals surface area contributed by atoms with Gasteiger partial charge in [-0.15, -0.1) is 11.3 Å². The Morgan fingerprint density at radius 1 is 1.16 bits per heavy atom. The second-order valence-corrected chi connectivity index (χ2v) is 11.2. The van der Waals surface area contributed by atoms with E-state index in [-0.39, 0.29) is 24.2 Å². The maximum absolute atomic E-state index is 14.2. The van der Waals surface area contributed by atoms with E-state index >= 15 is 0 Å². The zero-order valence-electron chi connectivity index (χ0n) is 22.1. The number of thiazole rings is 1. The molecule has 2 heterocycles. The minimum atomic E-state index is -0.567. The van der Waals surface area contributed by atoms with Crippen LogP contribution in [0.1, 0.15) is 72.8 Å². The number of halogens is 1. The average Bonchev–Trinajstić information content (AvgIpc) is 3.35. The summed E-state index contributed by atoms with van der Waals surface area (Å²) < 4.78 is 20.3. The summed E-state index contributed by atoms with van der Waals surface area (Å²) in [5.74, 6) is 0.241. The van der Waals surface area contributed by atoms with Crippen molar-refractivity contribution in [2.45, 2.75) is 53.7 Å². The van der Waals surface area contributed by atoms with Crippen molar-refractivity contribution in [2.24, 2.45) is 5.41 Å². The molecule has 1 aromatic heterocycles. The third-order valence-corrected chi connectivity index (χ3v) is 7.42. The number of benzene rings is 2. The Labute approximate surface area is 222 Å². The summed E-state index contributed by atoms with van der Waals surface area (Å²) in [5, 5.41) is 2.47. The SMILES string of the molecule is CCN(CC)C(=O)c1csc(COc2ccc3c(c2)[C@H](c2cccc(F)c2)N(C(=O)C(C)(C)C)CC3)n1.